The van der Waals surface area contributed by atoms with Gasteiger partial charge in [0.25, 0.3) is 0 Å². The summed E-state index contributed by atoms with van der Waals surface area (Å²) >= 11 is 0. The van der Waals surface area contributed by atoms with Crippen LogP contribution in [0.3, 0.4) is 0 Å². The first kappa shape index (κ1) is 11.8. The molecule has 0 radical (unpaired) electrons. The van der Waals surface area contributed by atoms with Gasteiger partial charge in [0, 0.05) is 6.54 Å². The van der Waals surface area contributed by atoms with Gasteiger partial charge < -0.3 is 5.32 Å². The highest BCUT2D eigenvalue weighted by Crippen LogP contribution is 2.27. The Balaban J connectivity index is 2.27. The molecule has 0 aromatic rings. The van der Waals surface area contributed by atoms with E-state index in [9.17, 15) is 0 Å². The molecular weight excluding hydrogens is 170 g/mol. The van der Waals surface area contributed by atoms with Crippen molar-refractivity contribution in [1.82, 2.24) is 5.32 Å². The fourth-order valence-corrected chi connectivity index (χ4v) is 2.18. The molecule has 1 nitrogen and oxygen atoms in total. The van der Waals surface area contributed by atoms with Gasteiger partial charge in [0.2, 0.25) is 0 Å². The molecule has 14 heavy (non-hydrogen) atoms. The van der Waals surface area contributed by atoms with Crippen LogP contribution in [0.1, 0.15) is 52.4 Å². The van der Waals surface area contributed by atoms with Crippen LogP contribution >= 0.6 is 0 Å². The Morgan fingerprint density at radius 2 is 2.00 bits per heavy atom. The fraction of sp³-hybridized carbons (Fsp3) is 0.846. The smallest absolute Gasteiger partial charge is 0.0164 e. The van der Waals surface area contributed by atoms with Crippen molar-refractivity contribution in [3.05, 3.63) is 11.6 Å². The molecule has 0 spiro atoms. The maximum Gasteiger partial charge on any atom is 0.0164 e. The molecular formula is C13H25N. The number of hydrogen-bond donors (Lipinski definition) is 1. The normalized spacial score (nSPS) is 19.1. The Hall–Kier alpha value is -0.300. The monoisotopic (exact) mass is 195 g/mol. The van der Waals surface area contributed by atoms with Crippen LogP contribution in [0.5, 0.6) is 0 Å². The quantitative estimate of drug-likeness (QED) is 0.505. The molecule has 0 atom stereocenters. The van der Waals surface area contributed by atoms with Gasteiger partial charge in [-0.15, -0.1) is 0 Å². The topological polar surface area (TPSA) is 12.0 Å². The van der Waals surface area contributed by atoms with E-state index in [4.69, 9.17) is 0 Å². The molecule has 1 aliphatic rings. The first-order valence-electron chi connectivity index (χ1n) is 6.27. The predicted octanol–water partition coefficient (Wildman–Crippen LogP) is 3.51. The number of hydrogen-bond acceptors (Lipinski definition) is 1. The van der Waals surface area contributed by atoms with Crippen molar-refractivity contribution in [3.63, 3.8) is 0 Å². The molecule has 0 aliphatic heterocycles. The first-order chi connectivity index (χ1) is 6.86. The molecule has 0 aromatic heterocycles. The molecule has 0 aromatic carbocycles. The van der Waals surface area contributed by atoms with Crippen LogP contribution in [0.2, 0.25) is 0 Å². The predicted molar refractivity (Wildman–Crippen MR) is 63.5 cm³/mol. The third-order valence-corrected chi connectivity index (χ3v) is 3.10. The van der Waals surface area contributed by atoms with Crippen LogP contribution in [-0.4, -0.2) is 13.1 Å². The van der Waals surface area contributed by atoms with Gasteiger partial charge >= 0.3 is 0 Å². The molecule has 0 amide bonds. The van der Waals surface area contributed by atoms with E-state index in [1.807, 2.05) is 0 Å². The molecule has 0 saturated heterocycles. The van der Waals surface area contributed by atoms with Crippen molar-refractivity contribution >= 4 is 0 Å². The minimum atomic E-state index is 0.897. The van der Waals surface area contributed by atoms with Gasteiger partial charge in [0.1, 0.15) is 0 Å². The van der Waals surface area contributed by atoms with E-state index in [1.165, 1.54) is 38.5 Å². The van der Waals surface area contributed by atoms with E-state index >= 15 is 0 Å². The van der Waals surface area contributed by atoms with Crippen LogP contribution in [0, 0.1) is 5.92 Å². The number of allylic oxidation sites excluding steroid dienone is 1. The lowest BCUT2D eigenvalue weighted by Gasteiger charge is -2.09. The summed E-state index contributed by atoms with van der Waals surface area (Å²) < 4.78 is 0. The summed E-state index contributed by atoms with van der Waals surface area (Å²) in [6, 6.07) is 0. The second-order valence-corrected chi connectivity index (χ2v) is 4.40. The van der Waals surface area contributed by atoms with Crippen LogP contribution in [0.4, 0.5) is 0 Å². The zero-order valence-electron chi connectivity index (χ0n) is 9.81. The number of nitrogens with one attached hydrogen (secondary N) is 1. The average Bonchev–Trinajstić information content (AvgIpc) is 2.69. The Bertz CT molecular complexity index is 166. The zero-order chi connectivity index (χ0) is 10.2. The van der Waals surface area contributed by atoms with E-state index in [0.717, 1.165) is 19.0 Å². The van der Waals surface area contributed by atoms with Gasteiger partial charge in [-0.05, 0) is 38.1 Å². The van der Waals surface area contributed by atoms with Crippen molar-refractivity contribution in [2.24, 2.45) is 5.92 Å². The summed E-state index contributed by atoms with van der Waals surface area (Å²) in [4.78, 5) is 0. The van der Waals surface area contributed by atoms with Crippen molar-refractivity contribution in [1.29, 1.82) is 0 Å². The summed E-state index contributed by atoms with van der Waals surface area (Å²) in [5.74, 6) is 0.897. The third-order valence-electron chi connectivity index (χ3n) is 3.10. The molecule has 1 heteroatoms. The lowest BCUT2D eigenvalue weighted by atomic mass is 10.0. The van der Waals surface area contributed by atoms with E-state index in [0.29, 0.717) is 0 Å². The van der Waals surface area contributed by atoms with Crippen molar-refractivity contribution in [3.8, 4) is 0 Å². The van der Waals surface area contributed by atoms with Gasteiger partial charge in [-0.25, -0.2) is 0 Å². The van der Waals surface area contributed by atoms with Crippen LogP contribution in [0.25, 0.3) is 0 Å². The molecule has 1 saturated carbocycles. The highest BCUT2D eigenvalue weighted by atomic mass is 14.8. The SMILES string of the molecule is CCCNCC(=CC1CCCC1)CC. The van der Waals surface area contributed by atoms with Gasteiger partial charge in [0.05, 0.1) is 0 Å². The molecule has 1 N–H and O–H groups in total. The number of rotatable bonds is 6. The Morgan fingerprint density at radius 1 is 1.29 bits per heavy atom. The fourth-order valence-electron chi connectivity index (χ4n) is 2.18. The summed E-state index contributed by atoms with van der Waals surface area (Å²) in [6.07, 6.45) is 10.7. The van der Waals surface area contributed by atoms with Gasteiger partial charge in [-0.3, -0.25) is 0 Å². The van der Waals surface area contributed by atoms with E-state index in [-0.39, 0.29) is 0 Å². The summed E-state index contributed by atoms with van der Waals surface area (Å²) in [5.41, 5.74) is 1.62. The van der Waals surface area contributed by atoms with Crippen molar-refractivity contribution in [2.45, 2.75) is 52.4 Å². The summed E-state index contributed by atoms with van der Waals surface area (Å²) in [5, 5.41) is 3.49. The zero-order valence-corrected chi connectivity index (χ0v) is 9.81. The van der Waals surface area contributed by atoms with Gasteiger partial charge in [-0.1, -0.05) is 38.3 Å². The molecule has 1 rings (SSSR count). The Kier molecular flexibility index (Phi) is 5.93. The summed E-state index contributed by atoms with van der Waals surface area (Å²) in [7, 11) is 0. The highest BCUT2D eigenvalue weighted by Gasteiger charge is 2.12. The van der Waals surface area contributed by atoms with E-state index < -0.39 is 0 Å². The molecule has 1 aliphatic carbocycles. The molecule has 0 bridgehead atoms. The second-order valence-electron chi connectivity index (χ2n) is 4.40. The van der Waals surface area contributed by atoms with Crippen LogP contribution < -0.4 is 5.32 Å². The minimum Gasteiger partial charge on any atom is -0.313 e. The lowest BCUT2D eigenvalue weighted by molar-refractivity contribution is 0.656. The maximum absolute atomic E-state index is 3.49. The Labute approximate surface area is 89.0 Å². The molecule has 0 unspecified atom stereocenters. The largest absolute Gasteiger partial charge is 0.313 e. The summed E-state index contributed by atoms with van der Waals surface area (Å²) in [6.45, 7) is 6.76. The maximum atomic E-state index is 3.49. The van der Waals surface area contributed by atoms with Crippen LogP contribution in [-0.2, 0) is 0 Å². The Morgan fingerprint density at radius 3 is 2.57 bits per heavy atom. The van der Waals surface area contributed by atoms with Crippen molar-refractivity contribution < 1.29 is 0 Å². The van der Waals surface area contributed by atoms with E-state index in [2.05, 4.69) is 25.2 Å². The van der Waals surface area contributed by atoms with E-state index in [1.54, 1.807) is 5.57 Å². The van der Waals surface area contributed by atoms with Crippen molar-refractivity contribution in [2.75, 3.05) is 13.1 Å². The lowest BCUT2D eigenvalue weighted by Crippen LogP contribution is -2.18. The van der Waals surface area contributed by atoms with Crippen LogP contribution in [0.15, 0.2) is 11.6 Å². The minimum absolute atomic E-state index is 0.897. The van der Waals surface area contributed by atoms with Gasteiger partial charge in [-0.2, -0.15) is 0 Å². The second kappa shape index (κ2) is 7.05. The average molecular weight is 195 g/mol. The highest BCUT2D eigenvalue weighted by molar-refractivity contribution is 5.06. The standard InChI is InChI=1S/C13H25N/c1-3-9-14-11-12(4-2)10-13-7-5-6-8-13/h10,13-14H,3-9,11H2,1-2H3. The molecule has 82 valence electrons. The van der Waals surface area contributed by atoms with Gasteiger partial charge in [0.15, 0.2) is 0 Å². The molecule has 1 fully saturated rings. The first-order valence-corrected chi connectivity index (χ1v) is 6.27. The molecule has 0 heterocycles. The third kappa shape index (κ3) is 4.28.